The summed E-state index contributed by atoms with van der Waals surface area (Å²) in [6.07, 6.45) is 0.0999. The quantitative estimate of drug-likeness (QED) is 0.835. The molecule has 23 heavy (non-hydrogen) atoms. The lowest BCUT2D eigenvalue weighted by Gasteiger charge is -2.27. The number of hydrogen-bond acceptors (Lipinski definition) is 6. The number of ketones is 1. The zero-order valence-electron chi connectivity index (χ0n) is 11.9. The first-order valence-corrected chi connectivity index (χ1v) is 6.91. The van der Waals surface area contributed by atoms with E-state index in [0.717, 1.165) is 0 Å². The number of aromatic nitrogens is 1. The van der Waals surface area contributed by atoms with Crippen LogP contribution < -0.4 is 0 Å². The molecule has 2 heterocycles. The smallest absolute Gasteiger partial charge is 0.375 e. The molecule has 3 rings (SSSR count). The summed E-state index contributed by atoms with van der Waals surface area (Å²) in [6, 6.07) is 11.4. The first-order valence-electron chi connectivity index (χ1n) is 6.91. The normalized spacial score (nSPS) is 19.4. The molecule has 1 aromatic heterocycles. The van der Waals surface area contributed by atoms with E-state index in [-0.39, 0.29) is 5.57 Å². The summed E-state index contributed by atoms with van der Waals surface area (Å²) in [4.78, 5) is 28.3. The Morgan fingerprint density at radius 3 is 2.48 bits per heavy atom. The highest BCUT2D eigenvalue weighted by atomic mass is 16.6. The number of ether oxygens (including phenoxy) is 1. The number of aliphatic hydroxyl groups excluding tert-OH is 2. The second-order valence-corrected chi connectivity index (χ2v) is 5.01. The average molecular weight is 311 g/mol. The van der Waals surface area contributed by atoms with Gasteiger partial charge in [-0.25, -0.2) is 4.79 Å². The minimum absolute atomic E-state index is 0.158. The van der Waals surface area contributed by atoms with Gasteiger partial charge < -0.3 is 14.9 Å². The first kappa shape index (κ1) is 14.9. The fourth-order valence-electron chi connectivity index (χ4n) is 2.40. The molecule has 1 aromatic carbocycles. The number of nitrogens with zero attached hydrogens (tertiary/aromatic N) is 1. The summed E-state index contributed by atoms with van der Waals surface area (Å²) < 4.78 is 4.90. The van der Waals surface area contributed by atoms with Crippen molar-refractivity contribution in [1.29, 1.82) is 0 Å². The van der Waals surface area contributed by atoms with E-state index in [1.807, 2.05) is 0 Å². The molecule has 116 valence electrons. The Morgan fingerprint density at radius 1 is 1.09 bits per heavy atom. The van der Waals surface area contributed by atoms with Gasteiger partial charge >= 0.3 is 5.97 Å². The van der Waals surface area contributed by atoms with Crippen LogP contribution in [0, 0.1) is 0 Å². The van der Waals surface area contributed by atoms with Gasteiger partial charge in [-0.05, 0) is 11.6 Å². The van der Waals surface area contributed by atoms with Gasteiger partial charge in [0.1, 0.15) is 6.10 Å². The molecule has 2 atom stereocenters. The van der Waals surface area contributed by atoms with Crippen molar-refractivity contribution in [1.82, 2.24) is 4.98 Å². The number of pyridine rings is 1. The van der Waals surface area contributed by atoms with Crippen molar-refractivity contribution in [2.24, 2.45) is 0 Å². The van der Waals surface area contributed by atoms with Gasteiger partial charge in [0.15, 0.2) is 6.10 Å². The minimum atomic E-state index is -1.43. The van der Waals surface area contributed by atoms with Crippen LogP contribution in [0.15, 0.2) is 60.6 Å². The summed E-state index contributed by atoms with van der Waals surface area (Å²) in [5.74, 6) is -2.46. The molecule has 0 radical (unpaired) electrons. The Morgan fingerprint density at radius 2 is 1.83 bits per heavy atom. The number of cyclic esters (lactones) is 1. The summed E-state index contributed by atoms with van der Waals surface area (Å²) in [5, 5.41) is 20.3. The highest BCUT2D eigenvalue weighted by Gasteiger charge is 2.41. The van der Waals surface area contributed by atoms with Crippen LogP contribution in [-0.2, 0) is 14.3 Å². The highest BCUT2D eigenvalue weighted by Crippen LogP contribution is 2.31. The Hall–Kier alpha value is -2.99. The van der Waals surface area contributed by atoms with Gasteiger partial charge in [0.05, 0.1) is 5.57 Å². The molecule has 1 aliphatic heterocycles. The van der Waals surface area contributed by atoms with E-state index < -0.39 is 29.7 Å². The molecule has 1 aliphatic rings. The van der Waals surface area contributed by atoms with Crippen molar-refractivity contribution >= 4 is 17.3 Å². The van der Waals surface area contributed by atoms with Crippen LogP contribution in [0.3, 0.4) is 0 Å². The second kappa shape index (κ2) is 6.02. The van der Waals surface area contributed by atoms with Crippen LogP contribution in [0.25, 0.3) is 5.57 Å². The Kier molecular flexibility index (Phi) is 3.91. The van der Waals surface area contributed by atoms with E-state index in [9.17, 15) is 19.8 Å². The lowest BCUT2D eigenvalue weighted by molar-refractivity contribution is -0.161. The Labute approximate surface area is 131 Å². The van der Waals surface area contributed by atoms with Crippen molar-refractivity contribution in [2.75, 3.05) is 0 Å². The molecule has 0 saturated heterocycles. The van der Waals surface area contributed by atoms with E-state index >= 15 is 0 Å². The van der Waals surface area contributed by atoms with E-state index in [1.165, 1.54) is 12.4 Å². The van der Waals surface area contributed by atoms with Gasteiger partial charge in [-0.15, -0.1) is 0 Å². The van der Waals surface area contributed by atoms with E-state index in [2.05, 4.69) is 4.98 Å². The third-order valence-electron chi connectivity index (χ3n) is 3.54. The summed E-state index contributed by atoms with van der Waals surface area (Å²) in [5.41, 5.74) is 0.567. The number of hydrogen-bond donors (Lipinski definition) is 2. The molecule has 2 unspecified atom stereocenters. The average Bonchev–Trinajstić information content (AvgIpc) is 2.59. The van der Waals surface area contributed by atoms with E-state index in [4.69, 9.17) is 4.74 Å². The molecule has 2 aromatic rings. The number of benzene rings is 1. The van der Waals surface area contributed by atoms with Crippen LogP contribution in [0.4, 0.5) is 0 Å². The van der Waals surface area contributed by atoms with E-state index in [1.54, 1.807) is 42.5 Å². The number of carbonyl (C=O) groups is 2. The molecular formula is C17H13NO5. The number of rotatable bonds is 3. The molecular weight excluding hydrogens is 298 g/mol. The van der Waals surface area contributed by atoms with Crippen molar-refractivity contribution in [3.8, 4) is 0 Å². The Balaban J connectivity index is 2.01. The molecule has 0 spiro atoms. The van der Waals surface area contributed by atoms with Crippen LogP contribution in [0.2, 0.25) is 0 Å². The summed E-state index contributed by atoms with van der Waals surface area (Å²) in [7, 11) is 0. The number of esters is 1. The molecule has 2 N–H and O–H groups in total. The molecule has 6 heteroatoms. The summed E-state index contributed by atoms with van der Waals surface area (Å²) in [6.45, 7) is 0. The predicted molar refractivity (Wildman–Crippen MR) is 80.1 cm³/mol. The lowest BCUT2D eigenvalue weighted by atomic mass is 9.91. The molecule has 6 nitrogen and oxygen atoms in total. The second-order valence-electron chi connectivity index (χ2n) is 5.01. The molecule has 0 bridgehead atoms. The monoisotopic (exact) mass is 311 g/mol. The van der Waals surface area contributed by atoms with Gasteiger partial charge in [-0.1, -0.05) is 36.4 Å². The number of Topliss-reactive ketones (excluding diaryl/α,β-unsaturated/α-hetero) is 1. The fourth-order valence-corrected chi connectivity index (χ4v) is 2.40. The third kappa shape index (κ3) is 2.72. The van der Waals surface area contributed by atoms with Crippen LogP contribution in [-0.4, -0.2) is 33.1 Å². The highest BCUT2D eigenvalue weighted by molar-refractivity contribution is 6.29. The fraction of sp³-hybridized carbons (Fsp3) is 0.118. The van der Waals surface area contributed by atoms with Gasteiger partial charge in [-0.3, -0.25) is 9.78 Å². The number of carbonyl (C=O) groups excluding carboxylic acids is 2. The topological polar surface area (TPSA) is 96.7 Å². The predicted octanol–water partition coefficient (Wildman–Crippen LogP) is 1.58. The van der Waals surface area contributed by atoms with Crippen molar-refractivity contribution in [3.63, 3.8) is 0 Å². The Bertz CT molecular complexity index is 770. The van der Waals surface area contributed by atoms with Gasteiger partial charge in [0.25, 0.3) is 0 Å². The van der Waals surface area contributed by atoms with Crippen LogP contribution in [0.5, 0.6) is 0 Å². The van der Waals surface area contributed by atoms with Gasteiger partial charge in [-0.2, -0.15) is 0 Å². The molecule has 0 aliphatic carbocycles. The molecule has 0 fully saturated rings. The summed E-state index contributed by atoms with van der Waals surface area (Å²) >= 11 is 0. The maximum Gasteiger partial charge on any atom is 0.375 e. The van der Waals surface area contributed by atoms with Crippen LogP contribution in [0.1, 0.15) is 17.2 Å². The van der Waals surface area contributed by atoms with E-state index in [0.29, 0.717) is 11.1 Å². The lowest BCUT2D eigenvalue weighted by Crippen LogP contribution is -2.39. The SMILES string of the molecule is O=C1OC(C(O)c2cccnc2)C(=O)C(c2ccccc2)=C1O. The largest absolute Gasteiger partial charge is 0.501 e. The van der Waals surface area contributed by atoms with Gasteiger partial charge in [0, 0.05) is 18.0 Å². The third-order valence-corrected chi connectivity index (χ3v) is 3.54. The van der Waals surface area contributed by atoms with Crippen molar-refractivity contribution in [2.45, 2.75) is 12.2 Å². The standard InChI is InChI=1S/C17H13NO5/c19-13(11-7-4-8-18-9-11)16-14(20)12(15(21)17(22)23-16)10-5-2-1-3-6-10/h1-9,13,16,19,21H. The first-order chi connectivity index (χ1) is 11.1. The van der Waals surface area contributed by atoms with Crippen molar-refractivity contribution in [3.05, 3.63) is 71.7 Å². The molecule has 0 amide bonds. The molecule has 0 saturated carbocycles. The zero-order chi connectivity index (χ0) is 16.4. The minimum Gasteiger partial charge on any atom is -0.501 e. The van der Waals surface area contributed by atoms with Gasteiger partial charge in [0.2, 0.25) is 11.5 Å². The van der Waals surface area contributed by atoms with Crippen LogP contribution >= 0.6 is 0 Å². The number of aliphatic hydroxyl groups is 2. The zero-order valence-corrected chi connectivity index (χ0v) is 11.9. The van der Waals surface area contributed by atoms with Crippen molar-refractivity contribution < 1.29 is 24.5 Å². The maximum absolute atomic E-state index is 12.6. The maximum atomic E-state index is 12.6.